The Hall–Kier alpha value is -0.0800. The summed E-state index contributed by atoms with van der Waals surface area (Å²) in [6.45, 7) is 7.40. The zero-order valence-corrected chi connectivity index (χ0v) is 10.3. The maximum absolute atomic E-state index is 6.07. The molecule has 1 saturated heterocycles. The number of nitrogens with zero attached hydrogens (tertiary/aromatic N) is 1. The number of likely N-dealkylation sites (tertiary alicyclic amines) is 1. The minimum atomic E-state index is 0.466. The van der Waals surface area contributed by atoms with E-state index in [-0.39, 0.29) is 0 Å². The van der Waals surface area contributed by atoms with Gasteiger partial charge in [0.05, 0.1) is 0 Å². The Morgan fingerprint density at radius 1 is 1.20 bits per heavy atom. The summed E-state index contributed by atoms with van der Waals surface area (Å²) in [4.78, 5) is 2.71. The van der Waals surface area contributed by atoms with Crippen LogP contribution >= 0.6 is 0 Å². The molecule has 0 radical (unpaired) electrons. The van der Waals surface area contributed by atoms with Crippen LogP contribution in [0.25, 0.3) is 0 Å². The standard InChI is InChI=1S/C13H26N2/c1-13(2)7-4-8-15(10-13)12-6-3-5-11(14)9-12/h11-12H,3-10,14H2,1-2H3. The molecule has 15 heavy (non-hydrogen) atoms. The zero-order chi connectivity index (χ0) is 10.9. The van der Waals surface area contributed by atoms with Gasteiger partial charge in [-0.05, 0) is 44.1 Å². The van der Waals surface area contributed by atoms with E-state index >= 15 is 0 Å². The van der Waals surface area contributed by atoms with E-state index in [0.29, 0.717) is 11.5 Å². The highest BCUT2D eigenvalue weighted by Gasteiger charge is 2.32. The highest BCUT2D eigenvalue weighted by atomic mass is 15.2. The van der Waals surface area contributed by atoms with E-state index < -0.39 is 0 Å². The first kappa shape index (κ1) is 11.4. The maximum atomic E-state index is 6.07. The molecule has 1 saturated carbocycles. The van der Waals surface area contributed by atoms with Crippen LogP contribution in [0, 0.1) is 5.41 Å². The number of nitrogens with two attached hydrogens (primary N) is 1. The summed E-state index contributed by atoms with van der Waals surface area (Å²) in [7, 11) is 0. The Balaban J connectivity index is 1.92. The SMILES string of the molecule is CC1(C)CCCN(C2CCCC(N)C2)C1. The molecule has 1 heterocycles. The number of rotatable bonds is 1. The van der Waals surface area contributed by atoms with Gasteiger partial charge in [-0.15, -0.1) is 0 Å². The third-order valence-electron chi connectivity index (χ3n) is 4.13. The van der Waals surface area contributed by atoms with Crippen LogP contribution < -0.4 is 5.73 Å². The van der Waals surface area contributed by atoms with Crippen molar-refractivity contribution in [2.75, 3.05) is 13.1 Å². The molecular weight excluding hydrogens is 184 g/mol. The van der Waals surface area contributed by atoms with Crippen molar-refractivity contribution in [2.45, 2.75) is 64.5 Å². The molecule has 88 valence electrons. The van der Waals surface area contributed by atoms with Gasteiger partial charge in [-0.2, -0.15) is 0 Å². The molecule has 1 aliphatic heterocycles. The van der Waals surface area contributed by atoms with Gasteiger partial charge in [0.2, 0.25) is 0 Å². The first-order valence-electron chi connectivity index (χ1n) is 6.56. The molecule has 2 rings (SSSR count). The largest absolute Gasteiger partial charge is 0.328 e. The van der Waals surface area contributed by atoms with Gasteiger partial charge < -0.3 is 5.73 Å². The lowest BCUT2D eigenvalue weighted by atomic mass is 9.81. The van der Waals surface area contributed by atoms with Gasteiger partial charge in [-0.1, -0.05) is 20.3 Å². The molecule has 2 nitrogen and oxygen atoms in total. The van der Waals surface area contributed by atoms with Crippen molar-refractivity contribution in [2.24, 2.45) is 11.1 Å². The minimum Gasteiger partial charge on any atom is -0.328 e. The number of hydrogen-bond donors (Lipinski definition) is 1. The highest BCUT2D eigenvalue weighted by Crippen LogP contribution is 2.32. The highest BCUT2D eigenvalue weighted by molar-refractivity contribution is 4.87. The second kappa shape index (κ2) is 4.42. The normalized spacial score (nSPS) is 37.8. The van der Waals surface area contributed by atoms with Crippen molar-refractivity contribution in [3.63, 3.8) is 0 Å². The predicted octanol–water partition coefficient (Wildman–Crippen LogP) is 2.38. The van der Waals surface area contributed by atoms with E-state index in [1.807, 2.05) is 0 Å². The molecule has 0 spiro atoms. The molecule has 0 aromatic carbocycles. The molecule has 1 aliphatic carbocycles. The van der Waals surface area contributed by atoms with Crippen molar-refractivity contribution >= 4 is 0 Å². The van der Waals surface area contributed by atoms with Crippen molar-refractivity contribution < 1.29 is 0 Å². The monoisotopic (exact) mass is 210 g/mol. The molecule has 0 bridgehead atoms. The molecular formula is C13H26N2. The Morgan fingerprint density at radius 2 is 2.00 bits per heavy atom. The van der Waals surface area contributed by atoms with Crippen LogP contribution in [0.3, 0.4) is 0 Å². The lowest BCUT2D eigenvalue weighted by Crippen LogP contribution is -2.49. The molecule has 2 fully saturated rings. The van der Waals surface area contributed by atoms with Crippen LogP contribution in [0.2, 0.25) is 0 Å². The molecule has 2 unspecified atom stereocenters. The van der Waals surface area contributed by atoms with Crippen LogP contribution in [-0.2, 0) is 0 Å². The van der Waals surface area contributed by atoms with Crippen molar-refractivity contribution in [1.29, 1.82) is 0 Å². The summed E-state index contributed by atoms with van der Waals surface area (Å²) < 4.78 is 0. The summed E-state index contributed by atoms with van der Waals surface area (Å²) in [6.07, 6.45) is 7.96. The molecule has 0 aromatic heterocycles. The first-order chi connectivity index (χ1) is 7.07. The maximum Gasteiger partial charge on any atom is 0.0110 e. The van der Waals surface area contributed by atoms with Gasteiger partial charge in [0.1, 0.15) is 0 Å². The number of hydrogen-bond acceptors (Lipinski definition) is 2. The van der Waals surface area contributed by atoms with Gasteiger partial charge in [-0.25, -0.2) is 0 Å². The third kappa shape index (κ3) is 2.94. The van der Waals surface area contributed by atoms with Gasteiger partial charge in [-0.3, -0.25) is 4.90 Å². The Labute approximate surface area is 94.2 Å². The molecule has 0 aromatic rings. The van der Waals surface area contributed by atoms with Gasteiger partial charge in [0, 0.05) is 18.6 Å². The molecule has 0 amide bonds. The Bertz CT molecular complexity index is 213. The van der Waals surface area contributed by atoms with Crippen molar-refractivity contribution in [3.8, 4) is 0 Å². The number of piperidine rings is 1. The lowest BCUT2D eigenvalue weighted by Gasteiger charge is -2.44. The predicted molar refractivity (Wildman–Crippen MR) is 64.8 cm³/mol. The van der Waals surface area contributed by atoms with Gasteiger partial charge in [0.15, 0.2) is 0 Å². The van der Waals surface area contributed by atoms with Crippen molar-refractivity contribution in [1.82, 2.24) is 4.90 Å². The Morgan fingerprint density at radius 3 is 2.67 bits per heavy atom. The third-order valence-corrected chi connectivity index (χ3v) is 4.13. The van der Waals surface area contributed by atoms with Crippen LogP contribution in [0.5, 0.6) is 0 Å². The summed E-state index contributed by atoms with van der Waals surface area (Å²) >= 11 is 0. The average Bonchev–Trinajstić information content (AvgIpc) is 2.16. The fourth-order valence-electron chi connectivity index (χ4n) is 3.31. The second-order valence-electron chi connectivity index (χ2n) is 6.32. The topological polar surface area (TPSA) is 29.3 Å². The quantitative estimate of drug-likeness (QED) is 0.720. The van der Waals surface area contributed by atoms with Crippen LogP contribution in [0.1, 0.15) is 52.4 Å². The van der Waals surface area contributed by atoms with E-state index in [1.54, 1.807) is 0 Å². The lowest BCUT2D eigenvalue weighted by molar-refractivity contribution is 0.0580. The van der Waals surface area contributed by atoms with E-state index in [1.165, 1.54) is 51.6 Å². The van der Waals surface area contributed by atoms with E-state index in [0.717, 1.165) is 6.04 Å². The van der Waals surface area contributed by atoms with Crippen molar-refractivity contribution in [3.05, 3.63) is 0 Å². The smallest absolute Gasteiger partial charge is 0.0110 e. The molecule has 2 N–H and O–H groups in total. The molecule has 2 heteroatoms. The minimum absolute atomic E-state index is 0.466. The van der Waals surface area contributed by atoms with E-state index in [4.69, 9.17) is 5.73 Å². The van der Waals surface area contributed by atoms with Crippen LogP contribution in [0.15, 0.2) is 0 Å². The molecule has 2 aliphatic rings. The fraction of sp³-hybridized carbons (Fsp3) is 1.00. The average molecular weight is 210 g/mol. The van der Waals surface area contributed by atoms with Gasteiger partial charge in [0.25, 0.3) is 0 Å². The zero-order valence-electron chi connectivity index (χ0n) is 10.3. The van der Waals surface area contributed by atoms with E-state index in [2.05, 4.69) is 18.7 Å². The first-order valence-corrected chi connectivity index (χ1v) is 6.56. The summed E-state index contributed by atoms with van der Waals surface area (Å²) in [5.74, 6) is 0. The summed E-state index contributed by atoms with van der Waals surface area (Å²) in [5.41, 5.74) is 6.60. The van der Waals surface area contributed by atoms with E-state index in [9.17, 15) is 0 Å². The second-order valence-corrected chi connectivity index (χ2v) is 6.32. The molecule has 2 atom stereocenters. The van der Waals surface area contributed by atoms with Gasteiger partial charge >= 0.3 is 0 Å². The van der Waals surface area contributed by atoms with Crippen LogP contribution in [-0.4, -0.2) is 30.1 Å². The van der Waals surface area contributed by atoms with Crippen LogP contribution in [0.4, 0.5) is 0 Å². The fourth-order valence-corrected chi connectivity index (χ4v) is 3.31. The Kier molecular flexibility index (Phi) is 3.36. The summed E-state index contributed by atoms with van der Waals surface area (Å²) in [5, 5.41) is 0. The summed E-state index contributed by atoms with van der Waals surface area (Å²) in [6, 6.07) is 1.25.